The van der Waals surface area contributed by atoms with Gasteiger partial charge in [0.05, 0.1) is 29.2 Å². The molecule has 4 nitrogen and oxygen atoms in total. The Hall–Kier alpha value is -1.59. The van der Waals surface area contributed by atoms with Gasteiger partial charge in [0.15, 0.2) is 0 Å². The average Bonchev–Trinajstić information content (AvgIpc) is 3.22. The van der Waals surface area contributed by atoms with Crippen LogP contribution in [0.5, 0.6) is 0 Å². The van der Waals surface area contributed by atoms with Crippen LogP contribution >= 0.6 is 11.3 Å². The average molecular weight is 300 g/mol. The minimum Gasteiger partial charge on any atom is -0.366 e. The summed E-state index contributed by atoms with van der Waals surface area (Å²) in [5.41, 5.74) is 6.75. The molecule has 1 aromatic carbocycles. The number of anilines is 2. The molecule has 21 heavy (non-hydrogen) atoms. The molecule has 0 amide bonds. The fourth-order valence-corrected chi connectivity index (χ4v) is 3.91. The first-order chi connectivity index (χ1) is 10.3. The van der Waals surface area contributed by atoms with Crippen molar-refractivity contribution in [3.8, 4) is 11.3 Å². The molecule has 2 aliphatic rings. The number of likely N-dealkylation sites (tertiary alicyclic amines) is 1. The Morgan fingerprint density at radius 2 is 2.38 bits per heavy atom. The second kappa shape index (κ2) is 5.31. The number of benzene rings is 1. The second-order valence-electron chi connectivity index (χ2n) is 5.94. The van der Waals surface area contributed by atoms with Gasteiger partial charge in [-0.2, -0.15) is 0 Å². The molecule has 0 radical (unpaired) electrons. The van der Waals surface area contributed by atoms with E-state index in [0.29, 0.717) is 6.04 Å². The zero-order chi connectivity index (χ0) is 14.2. The van der Waals surface area contributed by atoms with Crippen LogP contribution in [-0.4, -0.2) is 42.7 Å². The molecule has 110 valence electrons. The van der Waals surface area contributed by atoms with Crippen molar-refractivity contribution in [3.05, 3.63) is 29.1 Å². The Morgan fingerprint density at radius 1 is 1.43 bits per heavy atom. The topological polar surface area (TPSA) is 31.4 Å². The number of thiazole rings is 1. The van der Waals surface area contributed by atoms with Crippen molar-refractivity contribution in [1.29, 1.82) is 0 Å². The molecule has 1 fully saturated rings. The van der Waals surface area contributed by atoms with Crippen LogP contribution in [0.25, 0.3) is 11.3 Å². The van der Waals surface area contributed by atoms with Crippen LogP contribution in [0.2, 0.25) is 0 Å². The van der Waals surface area contributed by atoms with Crippen LogP contribution in [0.3, 0.4) is 0 Å². The molecule has 1 atom stereocenters. The van der Waals surface area contributed by atoms with Gasteiger partial charge in [-0.3, -0.25) is 0 Å². The summed E-state index contributed by atoms with van der Waals surface area (Å²) in [5.74, 6) is 0. The summed E-state index contributed by atoms with van der Waals surface area (Å²) in [4.78, 5) is 9.38. The number of hydrogen-bond donors (Lipinski definition) is 1. The molecule has 0 aliphatic carbocycles. The third kappa shape index (κ3) is 2.40. The van der Waals surface area contributed by atoms with Crippen molar-refractivity contribution in [3.63, 3.8) is 0 Å². The van der Waals surface area contributed by atoms with E-state index >= 15 is 0 Å². The Bertz CT molecular complexity index is 625. The molecular weight excluding hydrogens is 280 g/mol. The number of likely N-dealkylation sites (N-methyl/N-ethyl adjacent to an activating group) is 1. The maximum absolute atomic E-state index is 4.42. The molecule has 1 N–H and O–H groups in total. The van der Waals surface area contributed by atoms with Crippen molar-refractivity contribution in [1.82, 2.24) is 9.88 Å². The molecule has 0 saturated carbocycles. The molecular formula is C16H20N4S. The number of aromatic nitrogens is 1. The maximum Gasteiger partial charge on any atom is 0.0878 e. The molecule has 2 aromatic rings. The van der Waals surface area contributed by atoms with Crippen molar-refractivity contribution in [2.75, 3.05) is 37.0 Å². The van der Waals surface area contributed by atoms with Crippen LogP contribution in [0.15, 0.2) is 29.1 Å². The predicted octanol–water partition coefficient (Wildman–Crippen LogP) is 3.09. The fourth-order valence-electron chi connectivity index (χ4n) is 3.35. The van der Waals surface area contributed by atoms with E-state index in [1.54, 1.807) is 11.3 Å². The lowest BCUT2D eigenvalue weighted by Gasteiger charge is -2.26. The van der Waals surface area contributed by atoms with Gasteiger partial charge >= 0.3 is 0 Å². The van der Waals surface area contributed by atoms with Gasteiger partial charge < -0.3 is 15.1 Å². The van der Waals surface area contributed by atoms with E-state index in [9.17, 15) is 0 Å². The highest BCUT2D eigenvalue weighted by atomic mass is 32.1. The monoisotopic (exact) mass is 300 g/mol. The van der Waals surface area contributed by atoms with Gasteiger partial charge in [0.2, 0.25) is 0 Å². The SMILES string of the molecule is CN1CCC[C@@H]1CN1CNc2ccc(-c3cscn3)cc21. The molecule has 2 aliphatic heterocycles. The summed E-state index contributed by atoms with van der Waals surface area (Å²) < 4.78 is 0. The summed E-state index contributed by atoms with van der Waals surface area (Å²) in [7, 11) is 2.24. The standard InChI is InChI=1S/C16H20N4S/c1-19-6-2-3-13(19)8-20-10-17-14-5-4-12(7-16(14)20)15-9-21-11-18-15/h4-5,7,9,11,13,17H,2-3,6,8,10H2,1H3/t13-/m1/s1. The summed E-state index contributed by atoms with van der Waals surface area (Å²) >= 11 is 1.65. The highest BCUT2D eigenvalue weighted by molar-refractivity contribution is 7.07. The van der Waals surface area contributed by atoms with E-state index in [1.807, 2.05) is 5.51 Å². The Kier molecular flexibility index (Phi) is 3.31. The highest BCUT2D eigenvalue weighted by Crippen LogP contribution is 2.36. The first kappa shape index (κ1) is 13.1. The van der Waals surface area contributed by atoms with Crippen molar-refractivity contribution in [2.45, 2.75) is 18.9 Å². The summed E-state index contributed by atoms with van der Waals surface area (Å²) in [5, 5.41) is 5.61. The van der Waals surface area contributed by atoms with Gasteiger partial charge in [-0.1, -0.05) is 6.07 Å². The number of hydrogen-bond acceptors (Lipinski definition) is 5. The Morgan fingerprint density at radius 3 is 3.14 bits per heavy atom. The largest absolute Gasteiger partial charge is 0.366 e. The van der Waals surface area contributed by atoms with E-state index in [4.69, 9.17) is 0 Å². The van der Waals surface area contributed by atoms with E-state index in [-0.39, 0.29) is 0 Å². The van der Waals surface area contributed by atoms with Gasteiger partial charge in [0, 0.05) is 23.5 Å². The van der Waals surface area contributed by atoms with Crippen LogP contribution in [0.4, 0.5) is 11.4 Å². The van der Waals surface area contributed by atoms with Crippen molar-refractivity contribution >= 4 is 22.7 Å². The second-order valence-corrected chi connectivity index (χ2v) is 6.66. The molecule has 1 aromatic heterocycles. The van der Waals surface area contributed by atoms with Gasteiger partial charge in [-0.15, -0.1) is 11.3 Å². The Balaban J connectivity index is 1.59. The number of fused-ring (bicyclic) bond motifs is 1. The van der Waals surface area contributed by atoms with Crippen molar-refractivity contribution < 1.29 is 0 Å². The first-order valence-corrected chi connectivity index (χ1v) is 8.47. The van der Waals surface area contributed by atoms with E-state index < -0.39 is 0 Å². The summed E-state index contributed by atoms with van der Waals surface area (Å²) in [6.07, 6.45) is 2.64. The van der Waals surface area contributed by atoms with E-state index in [0.717, 1.165) is 18.9 Å². The number of nitrogens with zero attached hydrogens (tertiary/aromatic N) is 3. The maximum atomic E-state index is 4.42. The highest BCUT2D eigenvalue weighted by Gasteiger charge is 2.27. The van der Waals surface area contributed by atoms with Gasteiger partial charge in [0.25, 0.3) is 0 Å². The quantitative estimate of drug-likeness (QED) is 0.944. The molecule has 0 spiro atoms. The zero-order valence-corrected chi connectivity index (χ0v) is 13.1. The molecule has 0 unspecified atom stereocenters. The van der Waals surface area contributed by atoms with Crippen LogP contribution < -0.4 is 10.2 Å². The van der Waals surface area contributed by atoms with Crippen molar-refractivity contribution in [2.24, 2.45) is 0 Å². The molecule has 3 heterocycles. The minimum atomic E-state index is 0.681. The van der Waals surface area contributed by atoms with Crippen LogP contribution in [0, 0.1) is 0 Å². The first-order valence-electron chi connectivity index (χ1n) is 7.53. The lowest BCUT2D eigenvalue weighted by Crippen LogP contribution is -2.38. The molecule has 0 bridgehead atoms. The van der Waals surface area contributed by atoms with E-state index in [1.165, 1.54) is 36.3 Å². The molecule has 5 heteroatoms. The number of rotatable bonds is 3. The summed E-state index contributed by atoms with van der Waals surface area (Å²) in [6, 6.07) is 7.30. The smallest absolute Gasteiger partial charge is 0.0878 e. The zero-order valence-electron chi connectivity index (χ0n) is 12.2. The third-order valence-corrected chi connectivity index (χ3v) is 5.22. The normalized spacial score (nSPS) is 21.6. The fraction of sp³-hybridized carbons (Fsp3) is 0.438. The van der Waals surface area contributed by atoms with Crippen LogP contribution in [0.1, 0.15) is 12.8 Å². The van der Waals surface area contributed by atoms with Gasteiger partial charge in [-0.25, -0.2) is 4.98 Å². The third-order valence-electron chi connectivity index (χ3n) is 4.63. The predicted molar refractivity (Wildman–Crippen MR) is 89.0 cm³/mol. The van der Waals surface area contributed by atoms with Gasteiger partial charge in [-0.05, 0) is 38.6 Å². The number of nitrogens with one attached hydrogen (secondary N) is 1. The lowest BCUT2D eigenvalue weighted by atomic mass is 10.1. The lowest BCUT2D eigenvalue weighted by molar-refractivity contribution is 0.313. The van der Waals surface area contributed by atoms with Crippen LogP contribution in [-0.2, 0) is 0 Å². The van der Waals surface area contributed by atoms with Gasteiger partial charge in [0.1, 0.15) is 0 Å². The minimum absolute atomic E-state index is 0.681. The van der Waals surface area contributed by atoms with E-state index in [2.05, 4.69) is 50.7 Å². The molecule has 1 saturated heterocycles. The Labute approximate surface area is 129 Å². The summed E-state index contributed by atoms with van der Waals surface area (Å²) in [6.45, 7) is 3.26. The molecule has 4 rings (SSSR count).